The molecule has 0 bridgehead atoms. The average Bonchev–Trinajstić information content (AvgIpc) is 2.14. The monoisotopic (exact) mass is 224 g/mol. The summed E-state index contributed by atoms with van der Waals surface area (Å²) in [5.41, 5.74) is 6.54. The summed E-state index contributed by atoms with van der Waals surface area (Å²) < 4.78 is 0. The Labute approximate surface area is 100 Å². The quantitative estimate of drug-likeness (QED) is 0.705. The smallest absolute Gasteiger partial charge is 0.0283 e. The Morgan fingerprint density at radius 1 is 1.25 bits per heavy atom. The first-order valence-corrected chi connectivity index (χ1v) is 7.18. The van der Waals surface area contributed by atoms with Gasteiger partial charge in [-0.2, -0.15) is 0 Å². The van der Waals surface area contributed by atoms with Crippen molar-refractivity contribution in [2.75, 3.05) is 13.1 Å². The van der Waals surface area contributed by atoms with Crippen molar-refractivity contribution in [3.8, 4) is 0 Å². The highest BCUT2D eigenvalue weighted by atomic mass is 14.9. The van der Waals surface area contributed by atoms with Crippen LogP contribution in [0.15, 0.2) is 0 Å². The number of rotatable bonds is 5. The molecule has 2 fully saturated rings. The van der Waals surface area contributed by atoms with Crippen molar-refractivity contribution >= 4 is 0 Å². The van der Waals surface area contributed by atoms with Crippen LogP contribution in [0.4, 0.5) is 0 Å². The summed E-state index contributed by atoms with van der Waals surface area (Å²) in [5, 5.41) is 3.59. The summed E-state index contributed by atoms with van der Waals surface area (Å²) >= 11 is 0. The van der Waals surface area contributed by atoms with E-state index in [2.05, 4.69) is 12.2 Å². The van der Waals surface area contributed by atoms with Gasteiger partial charge in [0.25, 0.3) is 0 Å². The van der Waals surface area contributed by atoms with Gasteiger partial charge in [0.05, 0.1) is 0 Å². The van der Waals surface area contributed by atoms with Crippen molar-refractivity contribution in [1.29, 1.82) is 0 Å². The molecule has 0 spiro atoms. The lowest BCUT2D eigenvalue weighted by Crippen LogP contribution is -2.51. The summed E-state index contributed by atoms with van der Waals surface area (Å²) in [6.45, 7) is 4.55. The molecule has 2 atom stereocenters. The number of nitrogens with two attached hydrogens (primary N) is 1. The second-order valence-electron chi connectivity index (χ2n) is 6.33. The molecule has 2 nitrogen and oxygen atoms in total. The maximum Gasteiger partial charge on any atom is 0.0283 e. The van der Waals surface area contributed by atoms with Crippen LogP contribution in [0.2, 0.25) is 0 Å². The van der Waals surface area contributed by atoms with E-state index in [0.29, 0.717) is 0 Å². The molecule has 0 aromatic rings. The zero-order valence-electron chi connectivity index (χ0n) is 10.8. The molecule has 0 aromatic heterocycles. The minimum Gasteiger partial charge on any atom is -0.324 e. The molecular weight excluding hydrogens is 196 g/mol. The van der Waals surface area contributed by atoms with Gasteiger partial charge in [0.2, 0.25) is 0 Å². The Bertz CT molecular complexity index is 213. The molecule has 2 rings (SSSR count). The van der Waals surface area contributed by atoms with Crippen LogP contribution in [0.3, 0.4) is 0 Å². The summed E-state index contributed by atoms with van der Waals surface area (Å²) in [5.74, 6) is 1.85. The average molecular weight is 224 g/mol. The van der Waals surface area contributed by atoms with Gasteiger partial charge in [-0.25, -0.2) is 0 Å². The van der Waals surface area contributed by atoms with Crippen molar-refractivity contribution < 1.29 is 0 Å². The maximum atomic E-state index is 6.45. The summed E-state index contributed by atoms with van der Waals surface area (Å²) in [6.07, 6.45) is 10.9. The highest BCUT2D eigenvalue weighted by Gasteiger charge is 2.30. The topological polar surface area (TPSA) is 38.0 Å². The van der Waals surface area contributed by atoms with Gasteiger partial charge in [-0.1, -0.05) is 39.0 Å². The normalized spacial score (nSPS) is 36.0. The van der Waals surface area contributed by atoms with Crippen LogP contribution in [0, 0.1) is 11.8 Å². The molecule has 16 heavy (non-hydrogen) atoms. The van der Waals surface area contributed by atoms with Gasteiger partial charge in [-0.3, -0.25) is 0 Å². The van der Waals surface area contributed by atoms with Crippen LogP contribution >= 0.6 is 0 Å². The van der Waals surface area contributed by atoms with Gasteiger partial charge in [0.1, 0.15) is 0 Å². The number of hydrogen-bond donors (Lipinski definition) is 2. The lowest BCUT2D eigenvalue weighted by Gasteiger charge is -2.37. The molecule has 0 heterocycles. The van der Waals surface area contributed by atoms with Gasteiger partial charge in [0, 0.05) is 12.1 Å². The molecule has 2 unspecified atom stereocenters. The zero-order chi connectivity index (χ0) is 11.4. The third kappa shape index (κ3) is 3.46. The van der Waals surface area contributed by atoms with Gasteiger partial charge >= 0.3 is 0 Å². The molecule has 0 radical (unpaired) electrons. The van der Waals surface area contributed by atoms with Crippen molar-refractivity contribution in [3.05, 3.63) is 0 Å². The van der Waals surface area contributed by atoms with Gasteiger partial charge in [-0.05, 0) is 37.6 Å². The van der Waals surface area contributed by atoms with Crippen molar-refractivity contribution in [2.45, 2.75) is 63.8 Å². The van der Waals surface area contributed by atoms with Gasteiger partial charge in [-0.15, -0.1) is 0 Å². The first-order valence-electron chi connectivity index (χ1n) is 7.18. The Morgan fingerprint density at radius 3 is 2.69 bits per heavy atom. The molecular formula is C14H28N2. The largest absolute Gasteiger partial charge is 0.324 e. The summed E-state index contributed by atoms with van der Waals surface area (Å²) in [4.78, 5) is 0. The van der Waals surface area contributed by atoms with E-state index in [9.17, 15) is 0 Å². The fraction of sp³-hybridized carbons (Fsp3) is 1.00. The van der Waals surface area contributed by atoms with Crippen LogP contribution in [0.25, 0.3) is 0 Å². The van der Waals surface area contributed by atoms with Gasteiger partial charge in [0.15, 0.2) is 0 Å². The Kier molecular flexibility index (Phi) is 4.26. The second-order valence-corrected chi connectivity index (χ2v) is 6.33. The SMILES string of the molecule is CC1CCCC(N)(CNCCC2CCC2)C1. The minimum atomic E-state index is 0.0945. The standard InChI is InChI=1S/C14H28N2/c1-12-4-3-8-14(15,10-12)11-16-9-7-13-5-2-6-13/h12-13,16H,2-11,15H2,1H3. The number of hydrogen-bond acceptors (Lipinski definition) is 2. The van der Waals surface area contributed by atoms with E-state index in [1.807, 2.05) is 0 Å². The second kappa shape index (κ2) is 5.50. The summed E-state index contributed by atoms with van der Waals surface area (Å²) in [7, 11) is 0. The fourth-order valence-electron chi connectivity index (χ4n) is 3.29. The first-order chi connectivity index (χ1) is 7.68. The molecule has 2 aliphatic rings. The molecule has 0 saturated heterocycles. The van der Waals surface area contributed by atoms with E-state index >= 15 is 0 Å². The van der Waals surface area contributed by atoms with E-state index in [1.54, 1.807) is 0 Å². The molecule has 0 aromatic carbocycles. The summed E-state index contributed by atoms with van der Waals surface area (Å²) in [6, 6.07) is 0. The third-order valence-corrected chi connectivity index (χ3v) is 4.56. The fourth-order valence-corrected chi connectivity index (χ4v) is 3.29. The Morgan fingerprint density at radius 2 is 2.06 bits per heavy atom. The van der Waals surface area contributed by atoms with E-state index in [-0.39, 0.29) is 5.54 Å². The lowest BCUT2D eigenvalue weighted by molar-refractivity contribution is 0.224. The van der Waals surface area contributed by atoms with Crippen LogP contribution < -0.4 is 11.1 Å². The van der Waals surface area contributed by atoms with E-state index < -0.39 is 0 Å². The first kappa shape index (κ1) is 12.4. The van der Waals surface area contributed by atoms with Crippen LogP contribution in [-0.4, -0.2) is 18.6 Å². The highest BCUT2D eigenvalue weighted by Crippen LogP contribution is 2.30. The molecule has 2 aliphatic carbocycles. The third-order valence-electron chi connectivity index (χ3n) is 4.56. The predicted octanol–water partition coefficient (Wildman–Crippen LogP) is 2.67. The predicted molar refractivity (Wildman–Crippen MR) is 69.4 cm³/mol. The molecule has 3 N–H and O–H groups in total. The maximum absolute atomic E-state index is 6.45. The molecule has 0 amide bonds. The van der Waals surface area contributed by atoms with Crippen LogP contribution in [0.5, 0.6) is 0 Å². The van der Waals surface area contributed by atoms with E-state index in [0.717, 1.165) is 18.4 Å². The highest BCUT2D eigenvalue weighted by molar-refractivity contribution is 4.91. The lowest BCUT2D eigenvalue weighted by atomic mass is 9.77. The minimum absolute atomic E-state index is 0.0945. The van der Waals surface area contributed by atoms with Crippen molar-refractivity contribution in [2.24, 2.45) is 17.6 Å². The van der Waals surface area contributed by atoms with Crippen LogP contribution in [-0.2, 0) is 0 Å². The Balaban J connectivity index is 1.59. The number of nitrogens with one attached hydrogen (secondary N) is 1. The van der Waals surface area contributed by atoms with Crippen LogP contribution in [0.1, 0.15) is 58.3 Å². The molecule has 0 aliphatic heterocycles. The van der Waals surface area contributed by atoms with Crippen molar-refractivity contribution in [1.82, 2.24) is 5.32 Å². The zero-order valence-corrected chi connectivity index (χ0v) is 10.8. The van der Waals surface area contributed by atoms with E-state index in [4.69, 9.17) is 5.73 Å². The Hall–Kier alpha value is -0.0800. The molecule has 94 valence electrons. The molecule has 2 heteroatoms. The van der Waals surface area contributed by atoms with Crippen molar-refractivity contribution in [3.63, 3.8) is 0 Å². The van der Waals surface area contributed by atoms with Gasteiger partial charge < -0.3 is 11.1 Å². The van der Waals surface area contributed by atoms with E-state index in [1.165, 1.54) is 57.9 Å². The molecule has 2 saturated carbocycles.